The lowest BCUT2D eigenvalue weighted by atomic mass is 10.9. The Labute approximate surface area is 55.8 Å². The van der Waals surface area contributed by atoms with Crippen molar-refractivity contribution in [3.8, 4) is 0 Å². The number of rotatable bonds is 5. The van der Waals surface area contributed by atoms with Gasteiger partial charge in [-0.15, -0.1) is 0 Å². The van der Waals surface area contributed by atoms with Gasteiger partial charge in [0, 0.05) is 0 Å². The Balaban J connectivity index is 2.71. The monoisotopic (exact) mass is 148 g/mol. The van der Waals surface area contributed by atoms with Gasteiger partial charge in [-0.05, 0) is 0 Å². The highest BCUT2D eigenvalue weighted by Gasteiger charge is 1.85. The highest BCUT2D eigenvalue weighted by atomic mass is 33.1. The van der Waals surface area contributed by atoms with Crippen molar-refractivity contribution in [2.24, 2.45) is 0 Å². The normalized spacial score (nSPS) is 8.50. The van der Waals surface area contributed by atoms with E-state index in [2.05, 4.69) is 0 Å². The summed E-state index contributed by atoms with van der Waals surface area (Å²) in [7, 11) is 2.62. The highest BCUT2D eigenvalue weighted by molar-refractivity contribution is 8.77. The summed E-state index contributed by atoms with van der Waals surface area (Å²) in [4.78, 5) is 19.0. The molecule has 0 bridgehead atoms. The average Bonchev–Trinajstić information content (AvgIpc) is 1.81. The molecule has 0 fully saturated rings. The topological polar surface area (TPSA) is 34.1 Å². The molecule has 0 saturated carbocycles. The second kappa shape index (κ2) is 7.04. The number of hydrogen-bond donors (Lipinski definition) is 0. The van der Waals surface area contributed by atoms with Crippen molar-refractivity contribution in [1.82, 2.24) is 0 Å². The van der Waals surface area contributed by atoms with E-state index in [0.29, 0.717) is 11.5 Å². The highest BCUT2D eigenvalue weighted by Crippen LogP contribution is 2.17. The summed E-state index contributed by atoms with van der Waals surface area (Å²) >= 11 is 0. The van der Waals surface area contributed by atoms with Crippen LogP contribution >= 0.6 is 21.6 Å². The minimum atomic E-state index is 0.326. The molecule has 0 aromatic heterocycles. The lowest BCUT2D eigenvalue weighted by Gasteiger charge is -1.84. The van der Waals surface area contributed by atoms with Gasteiger partial charge in [0.25, 0.3) is 0 Å². The van der Waals surface area contributed by atoms with Crippen LogP contribution in [0.15, 0.2) is 0 Å². The molecule has 8 heavy (non-hydrogen) atoms. The molecule has 0 aromatic carbocycles. The van der Waals surface area contributed by atoms with Crippen LogP contribution < -0.4 is 0 Å². The van der Waals surface area contributed by atoms with E-state index in [1.54, 1.807) is 12.6 Å². The van der Waals surface area contributed by atoms with Crippen molar-refractivity contribution in [1.29, 1.82) is 0 Å². The molecule has 0 atom stereocenters. The van der Waals surface area contributed by atoms with Gasteiger partial charge >= 0.3 is 0 Å². The van der Waals surface area contributed by atoms with Crippen LogP contribution in [0, 0.1) is 0 Å². The summed E-state index contributed by atoms with van der Waals surface area (Å²) in [5.74, 6) is 0.651. The van der Waals surface area contributed by atoms with Crippen LogP contribution in [0.5, 0.6) is 0 Å². The second-order valence-electron chi connectivity index (χ2n) is 0.813. The lowest BCUT2D eigenvalue weighted by Crippen LogP contribution is -1.76. The molecule has 2 nitrogen and oxygen atoms in total. The van der Waals surface area contributed by atoms with Crippen molar-refractivity contribution in [3.05, 3.63) is 0 Å². The van der Waals surface area contributed by atoms with E-state index in [1.165, 1.54) is 21.6 Å². The first-order chi connectivity index (χ1) is 3.91. The van der Waals surface area contributed by atoms with E-state index < -0.39 is 0 Å². The van der Waals surface area contributed by atoms with Crippen molar-refractivity contribution >= 4 is 34.2 Å². The van der Waals surface area contributed by atoms with Gasteiger partial charge in [-0.25, -0.2) is 0 Å². The average molecular weight is 148 g/mol. The summed E-state index contributed by atoms with van der Waals surface area (Å²) in [5.41, 5.74) is 0. The molecule has 0 N–H and O–H groups in total. The molecule has 0 aliphatic carbocycles. The maximum absolute atomic E-state index is 9.51. The Kier molecular flexibility index (Phi) is 7.08. The first kappa shape index (κ1) is 8.04. The molecule has 0 spiro atoms. The molecule has 44 valence electrons. The minimum Gasteiger partial charge on any atom is -0.290 e. The van der Waals surface area contributed by atoms with Crippen LogP contribution in [0.3, 0.4) is 0 Å². The fraction of sp³-hybridized carbons (Fsp3) is 0.500. The van der Waals surface area contributed by atoms with Gasteiger partial charge in [0.2, 0.25) is 12.6 Å². The minimum absolute atomic E-state index is 0.326. The van der Waals surface area contributed by atoms with Gasteiger partial charge < -0.3 is 0 Å². The van der Waals surface area contributed by atoms with Gasteiger partial charge in [-0.1, -0.05) is 21.6 Å². The molecule has 0 rings (SSSR count). The molecule has 0 aromatic rings. The van der Waals surface area contributed by atoms with E-state index in [9.17, 15) is 9.59 Å². The molecule has 0 aliphatic rings. The van der Waals surface area contributed by atoms with Crippen LogP contribution in [0.2, 0.25) is 0 Å². The Bertz CT molecular complexity index is 64.4. The molecule has 0 amide bonds. The van der Waals surface area contributed by atoms with Gasteiger partial charge in [-0.2, -0.15) is 0 Å². The van der Waals surface area contributed by atoms with E-state index in [1.807, 2.05) is 0 Å². The second-order valence-corrected chi connectivity index (χ2v) is 3.28. The summed E-state index contributed by atoms with van der Waals surface area (Å²) in [6, 6.07) is 0. The molecule has 0 aliphatic heterocycles. The van der Waals surface area contributed by atoms with Crippen LogP contribution in [0.25, 0.3) is 0 Å². The molecular weight excluding hydrogens is 144 g/mol. The molecule has 0 unspecified atom stereocenters. The maximum Gasteiger partial charge on any atom is 0.210 e. The third-order valence-electron chi connectivity index (χ3n) is 0.319. The number of hydrogen-bond acceptors (Lipinski definition) is 4. The Morgan fingerprint density at radius 3 is 1.62 bits per heavy atom. The molecule has 0 heterocycles. The summed E-state index contributed by atoms with van der Waals surface area (Å²) in [6.07, 6.45) is 3.38. The summed E-state index contributed by atoms with van der Waals surface area (Å²) in [5, 5.41) is 0. The zero-order valence-corrected chi connectivity index (χ0v) is 5.68. The van der Waals surface area contributed by atoms with Crippen LogP contribution in [-0.2, 0) is 9.59 Å². The van der Waals surface area contributed by atoms with Crippen LogP contribution in [0.1, 0.15) is 0 Å². The van der Waals surface area contributed by atoms with Crippen molar-refractivity contribution < 1.29 is 9.59 Å². The zero-order valence-electron chi connectivity index (χ0n) is 4.05. The largest absolute Gasteiger partial charge is 0.290 e. The first-order valence-corrected chi connectivity index (χ1v) is 4.35. The van der Waals surface area contributed by atoms with Gasteiger partial charge in [0.1, 0.15) is 0 Å². The van der Waals surface area contributed by atoms with Crippen LogP contribution in [0.4, 0.5) is 0 Å². The maximum atomic E-state index is 9.51. The SMILES string of the molecule is O=[C]CSSC[C]=O. The van der Waals surface area contributed by atoms with Crippen LogP contribution in [-0.4, -0.2) is 24.1 Å². The fourth-order valence-corrected chi connectivity index (χ4v) is 1.18. The Morgan fingerprint density at radius 2 is 1.38 bits per heavy atom. The molecule has 0 saturated heterocycles. The predicted octanol–water partition coefficient (Wildman–Crippen LogP) is 0.587. The van der Waals surface area contributed by atoms with Crippen molar-refractivity contribution in [2.45, 2.75) is 0 Å². The van der Waals surface area contributed by atoms with E-state index >= 15 is 0 Å². The van der Waals surface area contributed by atoms with Gasteiger partial charge in [0.15, 0.2) is 0 Å². The standard InChI is InChI=1S/C4H4O2S2/c5-1-3-7-8-4-2-6/h3-4H2. The summed E-state index contributed by atoms with van der Waals surface area (Å²) < 4.78 is 0. The van der Waals surface area contributed by atoms with Crippen molar-refractivity contribution in [3.63, 3.8) is 0 Å². The lowest BCUT2D eigenvalue weighted by molar-refractivity contribution is 0.559. The van der Waals surface area contributed by atoms with Crippen molar-refractivity contribution in [2.75, 3.05) is 11.5 Å². The third-order valence-corrected chi connectivity index (χ3v) is 2.16. The Morgan fingerprint density at radius 1 is 1.00 bits per heavy atom. The van der Waals surface area contributed by atoms with Gasteiger partial charge in [0.05, 0.1) is 11.5 Å². The zero-order chi connectivity index (χ0) is 6.24. The predicted molar refractivity (Wildman–Crippen MR) is 36.3 cm³/mol. The van der Waals surface area contributed by atoms with E-state index in [4.69, 9.17) is 0 Å². The van der Waals surface area contributed by atoms with E-state index in [-0.39, 0.29) is 0 Å². The third kappa shape index (κ3) is 6.04. The molecule has 2 radical (unpaired) electrons. The molecular formula is C4H4O2S2. The number of carbonyl (C=O) groups excluding carboxylic acids is 2. The fourth-order valence-electron chi connectivity index (χ4n) is 0.131. The smallest absolute Gasteiger partial charge is 0.210 e. The Hall–Kier alpha value is 0.0400. The first-order valence-electron chi connectivity index (χ1n) is 1.86. The molecule has 4 heteroatoms. The van der Waals surface area contributed by atoms with Gasteiger partial charge in [-0.3, -0.25) is 9.59 Å². The quantitative estimate of drug-likeness (QED) is 0.422. The van der Waals surface area contributed by atoms with E-state index in [0.717, 1.165) is 0 Å². The summed E-state index contributed by atoms with van der Waals surface area (Å²) in [6.45, 7) is 0.